The van der Waals surface area contributed by atoms with Crippen LogP contribution in [-0.4, -0.2) is 35.7 Å². The molecule has 0 saturated carbocycles. The lowest BCUT2D eigenvalue weighted by Crippen LogP contribution is -2.41. The number of alkyl halides is 3. The van der Waals surface area contributed by atoms with Crippen molar-refractivity contribution in [1.82, 2.24) is 4.90 Å². The number of ether oxygens (including phenoxy) is 1. The molecule has 0 radical (unpaired) electrons. The highest BCUT2D eigenvalue weighted by Crippen LogP contribution is 2.35. The average molecular weight is 407 g/mol. The van der Waals surface area contributed by atoms with E-state index in [1.807, 2.05) is 36.1 Å². The van der Waals surface area contributed by atoms with E-state index in [1.165, 1.54) is 12.1 Å². The Bertz CT molecular complexity index is 819. The van der Waals surface area contributed by atoms with Gasteiger partial charge in [0.1, 0.15) is 5.75 Å². The fraction of sp³-hybridized carbons (Fsp3) is 0.409. The third-order valence-electron chi connectivity index (χ3n) is 5.23. The van der Waals surface area contributed by atoms with Crippen molar-refractivity contribution in [3.63, 3.8) is 0 Å². The number of carbonyl (C=O) groups is 1. The van der Waals surface area contributed by atoms with Crippen LogP contribution in [0.2, 0.25) is 0 Å². The van der Waals surface area contributed by atoms with E-state index in [1.54, 1.807) is 0 Å². The first-order chi connectivity index (χ1) is 13.8. The Balaban J connectivity index is 1.96. The zero-order valence-electron chi connectivity index (χ0n) is 16.2. The molecule has 1 saturated heterocycles. The van der Waals surface area contributed by atoms with E-state index in [9.17, 15) is 23.1 Å². The van der Waals surface area contributed by atoms with Crippen LogP contribution < -0.4 is 4.74 Å². The Morgan fingerprint density at radius 1 is 1.14 bits per heavy atom. The van der Waals surface area contributed by atoms with Crippen LogP contribution in [0.1, 0.15) is 42.5 Å². The molecule has 29 heavy (non-hydrogen) atoms. The van der Waals surface area contributed by atoms with Crippen LogP contribution in [0, 0.1) is 5.92 Å². The fourth-order valence-electron chi connectivity index (χ4n) is 3.82. The Kier molecular flexibility index (Phi) is 6.47. The van der Waals surface area contributed by atoms with Crippen molar-refractivity contribution < 1.29 is 27.8 Å². The summed E-state index contributed by atoms with van der Waals surface area (Å²) < 4.78 is 44.4. The lowest BCUT2D eigenvalue weighted by molar-refractivity contribution is -0.144. The number of rotatable bonds is 6. The first-order valence-electron chi connectivity index (χ1n) is 9.66. The van der Waals surface area contributed by atoms with Gasteiger partial charge in [-0.25, -0.2) is 0 Å². The van der Waals surface area contributed by atoms with Crippen molar-refractivity contribution in [1.29, 1.82) is 0 Å². The molecule has 156 valence electrons. The summed E-state index contributed by atoms with van der Waals surface area (Å²) in [6, 6.07) is 12.2. The SMILES string of the molecule is CCOc1ccc(C(c2ccc(C(F)(F)F)cc2)N2CCCC(C(=O)O)C2)cc1. The number of piperidine rings is 1. The van der Waals surface area contributed by atoms with Crippen molar-refractivity contribution in [3.8, 4) is 5.75 Å². The minimum Gasteiger partial charge on any atom is -0.494 e. The molecule has 1 N–H and O–H groups in total. The lowest BCUT2D eigenvalue weighted by atomic mass is 9.91. The number of aliphatic carboxylic acids is 1. The molecule has 2 aromatic carbocycles. The van der Waals surface area contributed by atoms with Gasteiger partial charge in [0.15, 0.2) is 0 Å². The molecule has 2 atom stereocenters. The zero-order chi connectivity index (χ0) is 21.0. The number of benzene rings is 2. The number of hydrogen-bond donors (Lipinski definition) is 1. The predicted octanol–water partition coefficient (Wildman–Crippen LogP) is 4.99. The third-order valence-corrected chi connectivity index (χ3v) is 5.23. The molecule has 1 fully saturated rings. The molecule has 0 amide bonds. The average Bonchev–Trinajstić information content (AvgIpc) is 2.70. The van der Waals surface area contributed by atoms with E-state index >= 15 is 0 Å². The van der Waals surface area contributed by atoms with Crippen LogP contribution in [0.15, 0.2) is 48.5 Å². The van der Waals surface area contributed by atoms with Gasteiger partial charge in [0.2, 0.25) is 0 Å². The molecule has 0 bridgehead atoms. The van der Waals surface area contributed by atoms with E-state index in [2.05, 4.69) is 0 Å². The molecule has 0 spiro atoms. The lowest BCUT2D eigenvalue weighted by Gasteiger charge is -2.37. The standard InChI is InChI=1S/C22H24F3NO3/c1-2-29-19-11-7-16(8-12-19)20(26-13-3-4-17(14-26)21(27)28)15-5-9-18(10-6-15)22(23,24)25/h5-12,17,20H,2-4,13-14H2,1H3,(H,27,28). The van der Waals surface area contributed by atoms with Crippen molar-refractivity contribution in [2.24, 2.45) is 5.92 Å². The maximum Gasteiger partial charge on any atom is 0.416 e. The summed E-state index contributed by atoms with van der Waals surface area (Å²) in [5, 5.41) is 9.43. The fourth-order valence-corrected chi connectivity index (χ4v) is 3.82. The Labute approximate surface area is 167 Å². The molecule has 2 aromatic rings. The van der Waals surface area contributed by atoms with Gasteiger partial charge >= 0.3 is 12.1 Å². The molecule has 7 heteroatoms. The van der Waals surface area contributed by atoms with Gasteiger partial charge in [-0.15, -0.1) is 0 Å². The smallest absolute Gasteiger partial charge is 0.416 e. The molecule has 0 aliphatic carbocycles. The quantitative estimate of drug-likeness (QED) is 0.733. The van der Waals surface area contributed by atoms with Crippen LogP contribution in [0.25, 0.3) is 0 Å². The van der Waals surface area contributed by atoms with Gasteiger partial charge in [-0.2, -0.15) is 13.2 Å². The van der Waals surface area contributed by atoms with Crippen LogP contribution in [-0.2, 0) is 11.0 Å². The van der Waals surface area contributed by atoms with Crippen molar-refractivity contribution >= 4 is 5.97 Å². The van der Waals surface area contributed by atoms with Gasteiger partial charge in [0, 0.05) is 6.54 Å². The number of hydrogen-bond acceptors (Lipinski definition) is 3. The Morgan fingerprint density at radius 2 is 1.72 bits per heavy atom. The molecule has 3 rings (SSSR count). The van der Waals surface area contributed by atoms with Crippen molar-refractivity contribution in [2.75, 3.05) is 19.7 Å². The predicted molar refractivity (Wildman–Crippen MR) is 103 cm³/mol. The summed E-state index contributed by atoms with van der Waals surface area (Å²) in [6.07, 6.45) is -3.06. The van der Waals surface area contributed by atoms with Crippen LogP contribution in [0.5, 0.6) is 5.75 Å². The summed E-state index contributed by atoms with van der Waals surface area (Å²) in [4.78, 5) is 13.5. The summed E-state index contributed by atoms with van der Waals surface area (Å²) in [6.45, 7) is 3.46. The number of likely N-dealkylation sites (tertiary alicyclic amines) is 1. The van der Waals surface area contributed by atoms with Crippen molar-refractivity contribution in [3.05, 3.63) is 65.2 Å². The molecular formula is C22H24F3NO3. The maximum absolute atomic E-state index is 13.0. The minimum atomic E-state index is -4.40. The number of carboxylic acid groups (broad SMARTS) is 1. The van der Waals surface area contributed by atoms with Gasteiger partial charge in [-0.3, -0.25) is 9.69 Å². The molecule has 4 nitrogen and oxygen atoms in total. The van der Waals surface area contributed by atoms with E-state index < -0.39 is 23.6 Å². The molecule has 1 heterocycles. The van der Waals surface area contributed by atoms with Gasteiger partial charge in [-0.1, -0.05) is 24.3 Å². The van der Waals surface area contributed by atoms with Gasteiger partial charge in [-0.05, 0) is 61.7 Å². The van der Waals surface area contributed by atoms with Gasteiger partial charge in [0.05, 0.1) is 24.1 Å². The number of carboxylic acids is 1. The minimum absolute atomic E-state index is 0.324. The maximum atomic E-state index is 13.0. The van der Waals surface area contributed by atoms with E-state index in [-0.39, 0.29) is 6.04 Å². The largest absolute Gasteiger partial charge is 0.494 e. The molecule has 0 aromatic heterocycles. The van der Waals surface area contributed by atoms with Crippen LogP contribution >= 0.6 is 0 Å². The van der Waals surface area contributed by atoms with E-state index in [0.717, 1.165) is 24.1 Å². The van der Waals surface area contributed by atoms with E-state index in [0.29, 0.717) is 37.4 Å². The third kappa shape index (κ3) is 5.09. The topological polar surface area (TPSA) is 49.8 Å². The number of nitrogens with zero attached hydrogens (tertiary/aromatic N) is 1. The van der Waals surface area contributed by atoms with E-state index in [4.69, 9.17) is 4.74 Å². The summed E-state index contributed by atoms with van der Waals surface area (Å²) >= 11 is 0. The zero-order valence-corrected chi connectivity index (χ0v) is 16.2. The first kappa shape index (κ1) is 21.2. The monoisotopic (exact) mass is 407 g/mol. The summed E-state index contributed by atoms with van der Waals surface area (Å²) in [5.41, 5.74) is 0.890. The highest BCUT2D eigenvalue weighted by atomic mass is 19.4. The molecule has 1 aliphatic heterocycles. The Morgan fingerprint density at radius 3 is 2.24 bits per heavy atom. The Hall–Kier alpha value is -2.54. The molecule has 2 unspecified atom stereocenters. The molecular weight excluding hydrogens is 383 g/mol. The van der Waals surface area contributed by atoms with Gasteiger partial charge in [0.25, 0.3) is 0 Å². The number of halogens is 3. The van der Waals surface area contributed by atoms with Gasteiger partial charge < -0.3 is 9.84 Å². The second-order valence-corrected chi connectivity index (χ2v) is 7.20. The summed E-state index contributed by atoms with van der Waals surface area (Å²) in [5.74, 6) is -0.611. The van der Waals surface area contributed by atoms with Crippen molar-refractivity contribution in [2.45, 2.75) is 32.0 Å². The highest BCUT2D eigenvalue weighted by molar-refractivity contribution is 5.70. The van der Waals surface area contributed by atoms with Crippen LogP contribution in [0.4, 0.5) is 13.2 Å². The molecule has 1 aliphatic rings. The second kappa shape index (κ2) is 8.86. The normalized spacial score (nSPS) is 19.0. The highest BCUT2D eigenvalue weighted by Gasteiger charge is 2.33. The second-order valence-electron chi connectivity index (χ2n) is 7.20. The summed E-state index contributed by atoms with van der Waals surface area (Å²) in [7, 11) is 0. The first-order valence-corrected chi connectivity index (χ1v) is 9.66. The van der Waals surface area contributed by atoms with Crippen LogP contribution in [0.3, 0.4) is 0 Å².